The number of halogens is 1. The number of benzene rings is 1. The zero-order valence-electron chi connectivity index (χ0n) is 18.2. The summed E-state index contributed by atoms with van der Waals surface area (Å²) in [6.07, 6.45) is 3.46. The number of hydrogen-bond donors (Lipinski definition) is 0. The third-order valence-electron chi connectivity index (χ3n) is 6.15. The standard InChI is InChI=1S/C24H29ClN4O3/c25-20-6-7-22(26-18-20)27-13-15-29(16-14-27)24(31)19-8-11-28(12-9-19)23(30)10-17-32-21-4-2-1-3-5-21/h1-7,18-19H,8-17H2. The molecule has 32 heavy (non-hydrogen) atoms. The van der Waals surface area contributed by atoms with Gasteiger partial charge in [0.15, 0.2) is 0 Å². The molecular formula is C24H29ClN4O3. The summed E-state index contributed by atoms with van der Waals surface area (Å²) >= 11 is 5.92. The molecule has 2 aliphatic heterocycles. The molecule has 1 aromatic carbocycles. The number of aromatic nitrogens is 1. The zero-order valence-corrected chi connectivity index (χ0v) is 18.9. The zero-order chi connectivity index (χ0) is 22.3. The third-order valence-corrected chi connectivity index (χ3v) is 6.38. The van der Waals surface area contributed by atoms with Crippen LogP contribution in [-0.4, -0.2) is 72.5 Å². The predicted molar refractivity (Wildman–Crippen MR) is 124 cm³/mol. The lowest BCUT2D eigenvalue weighted by molar-refractivity contribution is -0.141. The number of para-hydroxylation sites is 1. The summed E-state index contributed by atoms with van der Waals surface area (Å²) in [7, 11) is 0. The molecule has 0 aliphatic carbocycles. The van der Waals surface area contributed by atoms with Gasteiger partial charge in [0.25, 0.3) is 0 Å². The van der Waals surface area contributed by atoms with Crippen molar-refractivity contribution in [3.63, 3.8) is 0 Å². The van der Waals surface area contributed by atoms with Gasteiger partial charge in [0.05, 0.1) is 18.1 Å². The number of amides is 2. The molecule has 4 rings (SSSR count). The fourth-order valence-electron chi connectivity index (χ4n) is 4.28. The van der Waals surface area contributed by atoms with Gasteiger partial charge in [-0.15, -0.1) is 0 Å². The van der Waals surface area contributed by atoms with Crippen LogP contribution in [-0.2, 0) is 9.59 Å². The van der Waals surface area contributed by atoms with E-state index in [4.69, 9.17) is 16.3 Å². The summed E-state index contributed by atoms with van der Waals surface area (Å²) in [5, 5.41) is 0.621. The van der Waals surface area contributed by atoms with Gasteiger partial charge in [0, 0.05) is 51.4 Å². The SMILES string of the molecule is O=C(CCOc1ccccc1)N1CCC(C(=O)N2CCN(c3ccc(Cl)cn3)CC2)CC1. The molecule has 8 heteroatoms. The quantitative estimate of drug-likeness (QED) is 0.668. The fraction of sp³-hybridized carbons (Fsp3) is 0.458. The number of carbonyl (C=O) groups excluding carboxylic acids is 2. The highest BCUT2D eigenvalue weighted by atomic mass is 35.5. The minimum absolute atomic E-state index is 0.000161. The van der Waals surface area contributed by atoms with E-state index in [-0.39, 0.29) is 17.7 Å². The molecule has 0 saturated carbocycles. The molecule has 1 aromatic heterocycles. The van der Waals surface area contributed by atoms with Crippen LogP contribution >= 0.6 is 11.6 Å². The van der Waals surface area contributed by atoms with E-state index in [0.29, 0.717) is 44.2 Å². The van der Waals surface area contributed by atoms with E-state index < -0.39 is 0 Å². The van der Waals surface area contributed by atoms with E-state index in [1.54, 1.807) is 6.20 Å². The van der Waals surface area contributed by atoms with E-state index in [0.717, 1.165) is 37.5 Å². The molecule has 2 saturated heterocycles. The molecule has 3 heterocycles. The van der Waals surface area contributed by atoms with Crippen LogP contribution < -0.4 is 9.64 Å². The molecule has 0 spiro atoms. The number of ether oxygens (including phenoxy) is 1. The van der Waals surface area contributed by atoms with Gasteiger partial charge in [-0.3, -0.25) is 9.59 Å². The number of anilines is 1. The van der Waals surface area contributed by atoms with E-state index in [9.17, 15) is 9.59 Å². The van der Waals surface area contributed by atoms with Crippen molar-refractivity contribution in [1.82, 2.24) is 14.8 Å². The van der Waals surface area contributed by atoms with E-state index >= 15 is 0 Å². The van der Waals surface area contributed by atoms with Crippen LogP contribution in [0.15, 0.2) is 48.7 Å². The highest BCUT2D eigenvalue weighted by Gasteiger charge is 2.31. The van der Waals surface area contributed by atoms with Crippen LogP contribution in [0, 0.1) is 5.92 Å². The number of piperazine rings is 1. The number of nitrogens with zero attached hydrogens (tertiary/aromatic N) is 4. The number of hydrogen-bond acceptors (Lipinski definition) is 5. The Morgan fingerprint density at radius 1 is 0.938 bits per heavy atom. The van der Waals surface area contributed by atoms with Crippen molar-refractivity contribution in [3.8, 4) is 5.75 Å². The summed E-state index contributed by atoms with van der Waals surface area (Å²) in [5.41, 5.74) is 0. The molecule has 2 amide bonds. The van der Waals surface area contributed by atoms with Crippen LogP contribution in [0.25, 0.3) is 0 Å². The second-order valence-corrected chi connectivity index (χ2v) is 8.65. The molecule has 2 aromatic rings. The van der Waals surface area contributed by atoms with Crippen LogP contribution in [0.3, 0.4) is 0 Å². The van der Waals surface area contributed by atoms with Crippen LogP contribution in [0.5, 0.6) is 5.75 Å². The minimum Gasteiger partial charge on any atom is -0.493 e. The Morgan fingerprint density at radius 2 is 1.66 bits per heavy atom. The third kappa shape index (κ3) is 5.71. The normalized spacial score (nSPS) is 17.3. The highest BCUT2D eigenvalue weighted by molar-refractivity contribution is 6.30. The summed E-state index contributed by atoms with van der Waals surface area (Å²) in [6.45, 7) is 4.55. The predicted octanol–water partition coefficient (Wildman–Crippen LogP) is 3.09. The fourth-order valence-corrected chi connectivity index (χ4v) is 4.39. The van der Waals surface area contributed by atoms with E-state index in [1.807, 2.05) is 52.3 Å². The minimum atomic E-state index is -0.000161. The van der Waals surface area contributed by atoms with Gasteiger partial charge in [-0.05, 0) is 37.1 Å². The summed E-state index contributed by atoms with van der Waals surface area (Å²) in [4.78, 5) is 35.9. The molecule has 2 aliphatic rings. The van der Waals surface area contributed by atoms with Crippen LogP contribution in [0.4, 0.5) is 5.82 Å². The van der Waals surface area contributed by atoms with Gasteiger partial charge in [0.1, 0.15) is 11.6 Å². The largest absolute Gasteiger partial charge is 0.493 e. The lowest BCUT2D eigenvalue weighted by Crippen LogP contribution is -2.52. The average molecular weight is 457 g/mol. The van der Waals surface area contributed by atoms with E-state index in [2.05, 4.69) is 9.88 Å². The highest BCUT2D eigenvalue weighted by Crippen LogP contribution is 2.22. The lowest BCUT2D eigenvalue weighted by atomic mass is 9.94. The van der Waals surface area contributed by atoms with Crippen molar-refractivity contribution in [3.05, 3.63) is 53.7 Å². The van der Waals surface area contributed by atoms with Crippen molar-refractivity contribution in [2.24, 2.45) is 5.92 Å². The van der Waals surface area contributed by atoms with Crippen molar-refractivity contribution < 1.29 is 14.3 Å². The van der Waals surface area contributed by atoms with Crippen LogP contribution in [0.2, 0.25) is 5.02 Å². The van der Waals surface area contributed by atoms with Crippen molar-refractivity contribution in [1.29, 1.82) is 0 Å². The Kier molecular flexibility index (Phi) is 7.47. The second kappa shape index (κ2) is 10.7. The van der Waals surface area contributed by atoms with Crippen molar-refractivity contribution in [2.45, 2.75) is 19.3 Å². The van der Waals surface area contributed by atoms with Crippen molar-refractivity contribution in [2.75, 3.05) is 50.8 Å². The Bertz CT molecular complexity index is 893. The molecule has 0 bridgehead atoms. The van der Waals surface area contributed by atoms with Gasteiger partial charge < -0.3 is 19.4 Å². The molecular weight excluding hydrogens is 428 g/mol. The Morgan fingerprint density at radius 3 is 2.31 bits per heavy atom. The summed E-state index contributed by atoms with van der Waals surface area (Å²) in [5.74, 6) is 1.98. The van der Waals surface area contributed by atoms with Gasteiger partial charge in [0.2, 0.25) is 11.8 Å². The number of carbonyl (C=O) groups is 2. The maximum absolute atomic E-state index is 13.0. The Labute approximate surface area is 193 Å². The number of likely N-dealkylation sites (tertiary alicyclic amines) is 1. The van der Waals surface area contributed by atoms with Crippen LogP contribution in [0.1, 0.15) is 19.3 Å². The Hall–Kier alpha value is -2.80. The summed E-state index contributed by atoms with van der Waals surface area (Å²) in [6, 6.07) is 13.3. The summed E-state index contributed by atoms with van der Waals surface area (Å²) < 4.78 is 5.63. The first-order valence-electron chi connectivity index (χ1n) is 11.2. The van der Waals surface area contributed by atoms with Gasteiger partial charge in [-0.25, -0.2) is 4.98 Å². The first kappa shape index (κ1) is 22.4. The smallest absolute Gasteiger partial charge is 0.225 e. The van der Waals surface area contributed by atoms with Gasteiger partial charge in [-0.2, -0.15) is 0 Å². The monoisotopic (exact) mass is 456 g/mol. The Balaban J connectivity index is 1.17. The maximum Gasteiger partial charge on any atom is 0.225 e. The molecule has 0 radical (unpaired) electrons. The average Bonchev–Trinajstić information content (AvgIpc) is 2.85. The molecule has 0 unspecified atom stereocenters. The first-order valence-corrected chi connectivity index (χ1v) is 11.6. The number of rotatable bonds is 6. The topological polar surface area (TPSA) is 66.0 Å². The second-order valence-electron chi connectivity index (χ2n) is 8.21. The molecule has 0 atom stereocenters. The number of piperidine rings is 1. The van der Waals surface area contributed by atoms with E-state index in [1.165, 1.54) is 0 Å². The first-order chi connectivity index (χ1) is 15.6. The molecule has 0 N–H and O–H groups in total. The van der Waals surface area contributed by atoms with Gasteiger partial charge >= 0.3 is 0 Å². The molecule has 7 nitrogen and oxygen atoms in total. The van der Waals surface area contributed by atoms with Crippen molar-refractivity contribution >= 4 is 29.2 Å². The molecule has 170 valence electrons. The molecule has 2 fully saturated rings. The maximum atomic E-state index is 13.0. The van der Waals surface area contributed by atoms with Gasteiger partial charge in [-0.1, -0.05) is 29.8 Å². The number of pyridine rings is 1. The lowest BCUT2D eigenvalue weighted by Gasteiger charge is -2.39.